The number of hydrogen-bond acceptors (Lipinski definition) is 15. The molecule has 1 aliphatic heterocycles. The van der Waals surface area contributed by atoms with Crippen LogP contribution in [0.1, 0.15) is 90.8 Å². The number of amides is 5. The van der Waals surface area contributed by atoms with Crippen molar-refractivity contribution < 1.29 is 46.6 Å². The predicted molar refractivity (Wildman–Crippen MR) is 274 cm³/mol. The number of ether oxygens (including phenoxy) is 3. The molecule has 74 heavy (non-hydrogen) atoms. The average molecular weight is 1040 g/mol. The van der Waals surface area contributed by atoms with Crippen molar-refractivity contribution in [1.82, 2.24) is 40.9 Å². The Kier molecular flexibility index (Phi) is 19.8. The molecule has 2 aliphatic rings. The minimum Gasteiger partial charge on any atom is -0.493 e. The van der Waals surface area contributed by atoms with Crippen LogP contribution in [0.25, 0.3) is 22.5 Å². The Morgan fingerprint density at radius 2 is 1.50 bits per heavy atom. The number of likely N-dealkylation sites (N-methyl/N-ethyl adjacent to an activating group) is 1. The van der Waals surface area contributed by atoms with Crippen LogP contribution in [0.15, 0.2) is 60.7 Å². The Hall–Kier alpha value is -7.23. The zero-order chi connectivity index (χ0) is 53.5. The van der Waals surface area contributed by atoms with Crippen molar-refractivity contribution in [2.24, 2.45) is 16.6 Å². The summed E-state index contributed by atoms with van der Waals surface area (Å²) in [6.45, 7) is 4.57. The van der Waals surface area contributed by atoms with Gasteiger partial charge in [-0.25, -0.2) is 15.1 Å². The summed E-state index contributed by atoms with van der Waals surface area (Å²) in [7, 11) is -3.17. The molecule has 0 radical (unpaired) electrons. The van der Waals surface area contributed by atoms with E-state index in [1.54, 1.807) is 50.2 Å². The monoisotopic (exact) mass is 1040 g/mol. The highest BCUT2D eigenvalue weighted by Crippen LogP contribution is 2.40. The third-order valence-corrected chi connectivity index (χ3v) is 13.1. The van der Waals surface area contributed by atoms with E-state index in [1.165, 1.54) is 20.4 Å². The molecule has 0 spiro atoms. The van der Waals surface area contributed by atoms with Crippen molar-refractivity contribution >= 4 is 39.7 Å². The molecule has 23 heteroatoms. The lowest BCUT2D eigenvalue weighted by Crippen LogP contribution is -2.57. The second kappa shape index (κ2) is 26.1. The third kappa shape index (κ3) is 14.9. The first kappa shape index (κ1) is 56.1. The van der Waals surface area contributed by atoms with E-state index in [1.807, 2.05) is 30.3 Å². The molecule has 4 atom stereocenters. The molecule has 1 saturated carbocycles. The highest BCUT2D eigenvalue weighted by molar-refractivity contribution is 7.87. The van der Waals surface area contributed by atoms with Gasteiger partial charge in [0.25, 0.3) is 16.1 Å². The number of rotatable bonds is 20. The smallest absolute Gasteiger partial charge is 0.274 e. The molecule has 0 saturated heterocycles. The number of fused-ring (bicyclic) bond motifs is 5. The standard InChI is InChI=1S/C51H66N12O10S/c1-30-44(31(2)59-46(58-30)34-13-16-37(17-14-34)73-36-10-6-5-7-11-36)49(66)62-41(29-57-74(55,69)70)51(68)63(4)45-35-15-19-43(72-25-9-21-53)39(28-35)38-26-33(12-18-42(38)71-24-8-20-52)27-40(48(65)56-23-22-54)61-47(64)32(3)60-50(45)67/h12-19,26,28,32,36,40-41,45,57H,5-11,20-21,23-25,27,29,52-53H2,1-4H3,(H,56,65)(H,60,67)(H,61,64)(H,62,66)(H2,55,69,70). The summed E-state index contributed by atoms with van der Waals surface area (Å²) in [4.78, 5) is 81.5. The number of nitrogens with one attached hydrogen (secondary N) is 5. The van der Waals surface area contributed by atoms with Gasteiger partial charge < -0.3 is 51.8 Å². The number of nitrogens with zero attached hydrogens (tertiary/aromatic N) is 4. The first-order chi connectivity index (χ1) is 35.4. The van der Waals surface area contributed by atoms with Crippen molar-refractivity contribution in [2.75, 3.05) is 46.4 Å². The van der Waals surface area contributed by atoms with Crippen molar-refractivity contribution in [3.63, 3.8) is 0 Å². The predicted octanol–water partition coefficient (Wildman–Crippen LogP) is 1.87. The largest absolute Gasteiger partial charge is 0.493 e. The maximum atomic E-state index is 14.9. The lowest BCUT2D eigenvalue weighted by atomic mass is 9.93. The van der Waals surface area contributed by atoms with Gasteiger partial charge in [-0.15, -0.1) is 0 Å². The summed E-state index contributed by atoms with van der Waals surface area (Å²) in [6, 6.07) is 13.3. The van der Waals surface area contributed by atoms with E-state index < -0.39 is 70.5 Å². The fourth-order valence-corrected chi connectivity index (χ4v) is 9.16. The Labute approximate surface area is 431 Å². The Balaban J connectivity index is 1.39. The lowest BCUT2D eigenvalue weighted by Gasteiger charge is -2.32. The molecular formula is C51H66N12O10S. The van der Waals surface area contributed by atoms with Gasteiger partial charge in [-0.1, -0.05) is 18.6 Å². The SMILES string of the molecule is Cc1nc(-c2ccc(OC3CCCCC3)cc2)nc(C)c1C(=O)NC(CNS(N)(=O)=O)C(=O)N(C)C1C(=O)NC(C)C(=O)NC(C(=O)NCC#N)Cc2ccc(OCCCN)c(c2)-c2cc1ccc2OCCCN. The van der Waals surface area contributed by atoms with Crippen molar-refractivity contribution in [2.45, 2.75) is 102 Å². The fourth-order valence-electron chi connectivity index (χ4n) is 8.76. The van der Waals surface area contributed by atoms with Crippen LogP contribution in [-0.4, -0.2) is 123 Å². The van der Waals surface area contributed by atoms with Crippen molar-refractivity contribution in [3.05, 3.63) is 88.7 Å². The Bertz CT molecular complexity index is 2800. The molecule has 396 valence electrons. The molecule has 1 fully saturated rings. The highest BCUT2D eigenvalue weighted by atomic mass is 32.2. The van der Waals surface area contributed by atoms with Crippen LogP contribution >= 0.6 is 0 Å². The summed E-state index contributed by atoms with van der Waals surface area (Å²) < 4.78 is 45.4. The van der Waals surface area contributed by atoms with E-state index in [4.69, 9.17) is 30.8 Å². The lowest BCUT2D eigenvalue weighted by molar-refractivity contribution is -0.141. The van der Waals surface area contributed by atoms with E-state index in [2.05, 4.69) is 36.0 Å². The van der Waals surface area contributed by atoms with Crippen LogP contribution in [-0.2, 0) is 35.8 Å². The number of nitriles is 1. The molecule has 4 aromatic rings. The maximum absolute atomic E-state index is 14.9. The minimum atomic E-state index is -4.45. The number of carbonyl (C=O) groups is 5. The molecule has 4 unspecified atom stereocenters. The van der Waals surface area contributed by atoms with Gasteiger partial charge in [0.1, 0.15) is 48.0 Å². The topological polar surface area (TPSA) is 338 Å². The number of aromatic nitrogens is 2. The van der Waals surface area contributed by atoms with Gasteiger partial charge >= 0.3 is 0 Å². The van der Waals surface area contributed by atoms with Gasteiger partial charge in [0.15, 0.2) is 5.82 Å². The average Bonchev–Trinajstić information content (AvgIpc) is 3.37. The molecule has 4 bridgehead atoms. The number of hydrogen-bond donors (Lipinski definition) is 8. The molecular weight excluding hydrogens is 973 g/mol. The normalized spacial score (nSPS) is 17.6. The summed E-state index contributed by atoms with van der Waals surface area (Å²) in [5.74, 6) is -2.32. The molecule has 1 aliphatic carbocycles. The molecule has 3 aromatic carbocycles. The van der Waals surface area contributed by atoms with Gasteiger partial charge in [-0.2, -0.15) is 18.4 Å². The maximum Gasteiger partial charge on any atom is 0.274 e. The van der Waals surface area contributed by atoms with Crippen LogP contribution in [0.5, 0.6) is 17.2 Å². The third-order valence-electron chi connectivity index (χ3n) is 12.6. The van der Waals surface area contributed by atoms with E-state index in [-0.39, 0.29) is 54.8 Å². The van der Waals surface area contributed by atoms with Crippen LogP contribution < -0.4 is 56.8 Å². The number of aryl methyl sites for hydroxylation is 2. The second-order valence-electron chi connectivity index (χ2n) is 18.2. The highest BCUT2D eigenvalue weighted by Gasteiger charge is 2.37. The number of nitrogens with two attached hydrogens (primary N) is 3. The summed E-state index contributed by atoms with van der Waals surface area (Å²) in [6.07, 6.45) is 6.58. The molecule has 2 heterocycles. The number of carbonyl (C=O) groups excluding carboxylic acids is 5. The minimum absolute atomic E-state index is 0.0128. The zero-order valence-electron chi connectivity index (χ0n) is 42.1. The fraction of sp³-hybridized carbons (Fsp3) is 0.451. The molecule has 5 amide bonds. The van der Waals surface area contributed by atoms with Gasteiger partial charge in [-0.3, -0.25) is 24.0 Å². The Morgan fingerprint density at radius 3 is 2.11 bits per heavy atom. The van der Waals surface area contributed by atoms with Crippen LogP contribution in [0.2, 0.25) is 0 Å². The van der Waals surface area contributed by atoms with Gasteiger partial charge in [-0.05, 0) is 132 Å². The van der Waals surface area contributed by atoms with E-state index in [0.29, 0.717) is 65.5 Å². The molecule has 1 aromatic heterocycles. The zero-order valence-corrected chi connectivity index (χ0v) is 42.9. The first-order valence-electron chi connectivity index (χ1n) is 24.6. The molecule has 6 rings (SSSR count). The second-order valence-corrected chi connectivity index (χ2v) is 19.6. The summed E-state index contributed by atoms with van der Waals surface area (Å²) in [5, 5.41) is 25.0. The summed E-state index contributed by atoms with van der Waals surface area (Å²) in [5.41, 5.74) is 14.4. The van der Waals surface area contributed by atoms with E-state index in [9.17, 15) is 37.7 Å². The van der Waals surface area contributed by atoms with Gasteiger partial charge in [0, 0.05) is 36.7 Å². The van der Waals surface area contributed by atoms with Gasteiger partial charge in [0.05, 0.1) is 42.3 Å². The van der Waals surface area contributed by atoms with E-state index in [0.717, 1.165) is 36.3 Å². The van der Waals surface area contributed by atoms with Crippen molar-refractivity contribution in [3.8, 4) is 45.8 Å². The quantitative estimate of drug-likeness (QED) is 0.0463. The van der Waals surface area contributed by atoms with Crippen LogP contribution in [0.4, 0.5) is 0 Å². The first-order valence-corrected chi connectivity index (χ1v) is 26.1. The number of benzene rings is 3. The van der Waals surface area contributed by atoms with Crippen molar-refractivity contribution in [1.29, 1.82) is 5.26 Å². The molecule has 22 nitrogen and oxygen atoms in total. The van der Waals surface area contributed by atoms with Gasteiger partial charge in [0.2, 0.25) is 23.6 Å². The van der Waals surface area contributed by atoms with E-state index >= 15 is 0 Å². The Morgan fingerprint density at radius 1 is 0.878 bits per heavy atom. The summed E-state index contributed by atoms with van der Waals surface area (Å²) >= 11 is 0. The van der Waals surface area contributed by atoms with Crippen LogP contribution in [0, 0.1) is 25.2 Å². The van der Waals surface area contributed by atoms with Crippen LogP contribution in [0.3, 0.4) is 0 Å². The molecule has 11 N–H and O–H groups in total.